The first-order valence-corrected chi connectivity index (χ1v) is 9.47. The molecule has 0 spiro atoms. The number of carbonyl (C=O) groups is 1. The molecule has 1 aromatic heterocycles. The van der Waals surface area contributed by atoms with Crippen LogP contribution in [-0.2, 0) is 0 Å². The van der Waals surface area contributed by atoms with Crippen molar-refractivity contribution in [1.82, 2.24) is 9.97 Å². The number of aromatic nitrogens is 2. The maximum absolute atomic E-state index is 13.5. The Bertz CT molecular complexity index is 1210. The van der Waals surface area contributed by atoms with Crippen LogP contribution >= 0.6 is 11.6 Å². The molecule has 4 rings (SSSR count). The molecule has 30 heavy (non-hydrogen) atoms. The lowest BCUT2D eigenvalue weighted by atomic mass is 10.1. The van der Waals surface area contributed by atoms with Gasteiger partial charge in [0.1, 0.15) is 18.0 Å². The van der Waals surface area contributed by atoms with Crippen molar-refractivity contribution >= 4 is 34.7 Å². The van der Waals surface area contributed by atoms with Crippen LogP contribution in [0.25, 0.3) is 11.3 Å². The van der Waals surface area contributed by atoms with Crippen LogP contribution in [-0.4, -0.2) is 15.9 Å². The first-order valence-electron chi connectivity index (χ1n) is 9.09. The van der Waals surface area contributed by atoms with Gasteiger partial charge in [-0.25, -0.2) is 14.4 Å². The molecule has 2 N–H and O–H groups in total. The molecule has 3 aromatic carbocycles. The highest BCUT2D eigenvalue weighted by molar-refractivity contribution is 6.31. The van der Waals surface area contributed by atoms with Gasteiger partial charge in [-0.15, -0.1) is 0 Å². The molecule has 0 saturated carbocycles. The highest BCUT2D eigenvalue weighted by atomic mass is 35.5. The summed E-state index contributed by atoms with van der Waals surface area (Å²) in [6.45, 7) is 0. The maximum atomic E-state index is 13.5. The molecule has 0 saturated heterocycles. The van der Waals surface area contributed by atoms with E-state index in [-0.39, 0.29) is 11.7 Å². The van der Waals surface area contributed by atoms with Crippen molar-refractivity contribution in [3.63, 3.8) is 0 Å². The molecule has 0 aliphatic heterocycles. The van der Waals surface area contributed by atoms with Crippen LogP contribution in [0.2, 0.25) is 5.02 Å². The van der Waals surface area contributed by atoms with Crippen LogP contribution in [0.4, 0.5) is 21.6 Å². The van der Waals surface area contributed by atoms with Gasteiger partial charge in [0.2, 0.25) is 0 Å². The molecule has 0 aliphatic carbocycles. The SMILES string of the molecule is O=C(Nc1cccc(Cl)c1)c1cccc(Nc2cc(-c3cccc(F)c3)ncn2)c1. The summed E-state index contributed by atoms with van der Waals surface area (Å²) < 4.78 is 13.5. The first-order chi connectivity index (χ1) is 14.6. The summed E-state index contributed by atoms with van der Waals surface area (Å²) in [7, 11) is 0. The van der Waals surface area contributed by atoms with Gasteiger partial charge in [0.25, 0.3) is 5.91 Å². The van der Waals surface area contributed by atoms with Crippen molar-refractivity contribution in [1.29, 1.82) is 0 Å². The van der Waals surface area contributed by atoms with E-state index in [0.29, 0.717) is 39.0 Å². The lowest BCUT2D eigenvalue weighted by Gasteiger charge is -2.10. The molecule has 4 aromatic rings. The highest BCUT2D eigenvalue weighted by Gasteiger charge is 2.09. The van der Waals surface area contributed by atoms with E-state index in [0.717, 1.165) is 0 Å². The Morgan fingerprint density at radius 3 is 2.50 bits per heavy atom. The topological polar surface area (TPSA) is 66.9 Å². The second-order valence-electron chi connectivity index (χ2n) is 6.47. The molecule has 0 atom stereocenters. The lowest BCUT2D eigenvalue weighted by molar-refractivity contribution is 0.102. The second-order valence-corrected chi connectivity index (χ2v) is 6.91. The molecular weight excluding hydrogens is 403 g/mol. The highest BCUT2D eigenvalue weighted by Crippen LogP contribution is 2.23. The third-order valence-corrected chi connectivity index (χ3v) is 4.50. The number of amides is 1. The largest absolute Gasteiger partial charge is 0.340 e. The fourth-order valence-corrected chi connectivity index (χ4v) is 3.08. The van der Waals surface area contributed by atoms with Crippen molar-refractivity contribution in [3.8, 4) is 11.3 Å². The molecule has 0 unspecified atom stereocenters. The van der Waals surface area contributed by atoms with Crippen LogP contribution in [0.1, 0.15) is 10.4 Å². The van der Waals surface area contributed by atoms with Gasteiger partial charge in [0, 0.05) is 33.6 Å². The third-order valence-electron chi connectivity index (χ3n) is 4.27. The Hall–Kier alpha value is -3.77. The van der Waals surface area contributed by atoms with Gasteiger partial charge in [0.15, 0.2) is 0 Å². The minimum Gasteiger partial charge on any atom is -0.340 e. The molecule has 7 heteroatoms. The molecule has 1 amide bonds. The molecule has 0 fully saturated rings. The first kappa shape index (κ1) is 19.5. The van der Waals surface area contributed by atoms with E-state index < -0.39 is 0 Å². The Labute approximate surface area is 177 Å². The monoisotopic (exact) mass is 418 g/mol. The predicted molar refractivity (Wildman–Crippen MR) is 117 cm³/mol. The van der Waals surface area contributed by atoms with Crippen LogP contribution in [0.3, 0.4) is 0 Å². The minimum absolute atomic E-state index is 0.260. The summed E-state index contributed by atoms with van der Waals surface area (Å²) in [5.41, 5.74) is 3.00. The number of anilines is 3. The summed E-state index contributed by atoms with van der Waals surface area (Å²) >= 11 is 5.96. The number of nitrogens with one attached hydrogen (secondary N) is 2. The number of halogens is 2. The van der Waals surface area contributed by atoms with Gasteiger partial charge in [0.05, 0.1) is 5.69 Å². The Morgan fingerprint density at radius 2 is 1.67 bits per heavy atom. The fraction of sp³-hybridized carbons (Fsp3) is 0. The Morgan fingerprint density at radius 1 is 0.867 bits per heavy atom. The number of hydrogen-bond donors (Lipinski definition) is 2. The van der Waals surface area contributed by atoms with Crippen LogP contribution in [0.5, 0.6) is 0 Å². The Kier molecular flexibility index (Phi) is 5.68. The normalized spacial score (nSPS) is 10.5. The quantitative estimate of drug-likeness (QED) is 0.421. The van der Waals surface area contributed by atoms with E-state index in [1.807, 2.05) is 6.07 Å². The van der Waals surface area contributed by atoms with Gasteiger partial charge >= 0.3 is 0 Å². The molecule has 0 bridgehead atoms. The summed E-state index contributed by atoms with van der Waals surface area (Å²) in [6.07, 6.45) is 1.40. The van der Waals surface area contributed by atoms with E-state index in [1.54, 1.807) is 60.7 Å². The number of hydrogen-bond acceptors (Lipinski definition) is 4. The van der Waals surface area contributed by atoms with E-state index in [4.69, 9.17) is 11.6 Å². The van der Waals surface area contributed by atoms with Crippen molar-refractivity contribution < 1.29 is 9.18 Å². The van der Waals surface area contributed by atoms with E-state index in [1.165, 1.54) is 18.5 Å². The number of carbonyl (C=O) groups excluding carboxylic acids is 1. The van der Waals surface area contributed by atoms with Crippen LogP contribution < -0.4 is 10.6 Å². The number of nitrogens with zero attached hydrogens (tertiary/aromatic N) is 2. The van der Waals surface area contributed by atoms with E-state index in [2.05, 4.69) is 20.6 Å². The van der Waals surface area contributed by atoms with Crippen LogP contribution in [0.15, 0.2) is 85.2 Å². The molecule has 1 heterocycles. The summed E-state index contributed by atoms with van der Waals surface area (Å²) in [5, 5.41) is 6.51. The van der Waals surface area contributed by atoms with Crippen molar-refractivity contribution in [2.75, 3.05) is 10.6 Å². The number of benzene rings is 3. The average Bonchev–Trinajstić information content (AvgIpc) is 2.74. The molecule has 0 radical (unpaired) electrons. The zero-order valence-corrected chi connectivity index (χ0v) is 16.4. The van der Waals surface area contributed by atoms with Gasteiger partial charge in [-0.1, -0.05) is 35.9 Å². The van der Waals surface area contributed by atoms with Gasteiger partial charge in [-0.05, 0) is 48.5 Å². The smallest absolute Gasteiger partial charge is 0.255 e. The Balaban J connectivity index is 1.52. The summed E-state index contributed by atoms with van der Waals surface area (Å²) in [5.74, 6) is -0.0697. The minimum atomic E-state index is -0.334. The van der Waals surface area contributed by atoms with Crippen molar-refractivity contribution in [3.05, 3.63) is 102 Å². The predicted octanol–water partition coefficient (Wildman–Crippen LogP) is 5.93. The summed E-state index contributed by atoms with van der Waals surface area (Å²) in [4.78, 5) is 21.0. The summed E-state index contributed by atoms with van der Waals surface area (Å²) in [6, 6.07) is 21.9. The molecule has 5 nitrogen and oxygen atoms in total. The molecular formula is C23H16ClFN4O. The zero-order valence-electron chi connectivity index (χ0n) is 15.6. The fourth-order valence-electron chi connectivity index (χ4n) is 2.89. The van der Waals surface area contributed by atoms with Crippen molar-refractivity contribution in [2.24, 2.45) is 0 Å². The van der Waals surface area contributed by atoms with E-state index in [9.17, 15) is 9.18 Å². The van der Waals surface area contributed by atoms with Crippen LogP contribution in [0, 0.1) is 5.82 Å². The van der Waals surface area contributed by atoms with E-state index >= 15 is 0 Å². The second kappa shape index (κ2) is 8.71. The standard InChI is InChI=1S/C23H16ClFN4O/c24-17-6-3-9-20(12-17)29-23(30)16-5-2-8-19(11-16)28-22-13-21(26-14-27-22)15-4-1-7-18(25)10-15/h1-14H,(H,29,30)(H,26,27,28). The van der Waals surface area contributed by atoms with Gasteiger partial charge in [-0.2, -0.15) is 0 Å². The van der Waals surface area contributed by atoms with Gasteiger partial charge in [-0.3, -0.25) is 4.79 Å². The lowest BCUT2D eigenvalue weighted by Crippen LogP contribution is -2.12. The molecule has 148 valence electrons. The number of rotatable bonds is 5. The molecule has 0 aliphatic rings. The zero-order chi connectivity index (χ0) is 20.9. The third kappa shape index (κ3) is 4.79. The average molecular weight is 419 g/mol. The maximum Gasteiger partial charge on any atom is 0.255 e. The van der Waals surface area contributed by atoms with Gasteiger partial charge < -0.3 is 10.6 Å². The van der Waals surface area contributed by atoms with Crippen molar-refractivity contribution in [2.45, 2.75) is 0 Å².